The summed E-state index contributed by atoms with van der Waals surface area (Å²) < 4.78 is 1.84. The highest BCUT2D eigenvalue weighted by molar-refractivity contribution is 6.30. The van der Waals surface area contributed by atoms with Gasteiger partial charge in [0.25, 0.3) is 0 Å². The van der Waals surface area contributed by atoms with Gasteiger partial charge in [-0.25, -0.2) is 0 Å². The fourth-order valence-electron chi connectivity index (χ4n) is 0.956. The lowest BCUT2D eigenvalue weighted by atomic mass is 10.5. The van der Waals surface area contributed by atoms with Crippen molar-refractivity contribution in [1.82, 2.24) is 15.1 Å². The summed E-state index contributed by atoms with van der Waals surface area (Å²) in [5.41, 5.74) is 0. The van der Waals surface area contributed by atoms with Gasteiger partial charge in [0.15, 0.2) is 0 Å². The van der Waals surface area contributed by atoms with Gasteiger partial charge >= 0.3 is 0 Å². The van der Waals surface area contributed by atoms with E-state index in [4.69, 9.17) is 11.6 Å². The molecule has 68 valence electrons. The third-order valence-corrected chi connectivity index (χ3v) is 1.74. The SMILES string of the molecule is CCCNCCn1cc(Cl)cn1. The molecule has 0 bridgehead atoms. The molecule has 3 nitrogen and oxygen atoms in total. The van der Waals surface area contributed by atoms with E-state index in [1.807, 2.05) is 10.9 Å². The normalized spacial score (nSPS) is 10.5. The van der Waals surface area contributed by atoms with Crippen LogP contribution in [0.1, 0.15) is 13.3 Å². The molecule has 0 aromatic carbocycles. The van der Waals surface area contributed by atoms with Crippen molar-refractivity contribution < 1.29 is 0 Å². The van der Waals surface area contributed by atoms with Gasteiger partial charge in [-0.05, 0) is 13.0 Å². The van der Waals surface area contributed by atoms with E-state index in [2.05, 4.69) is 17.3 Å². The van der Waals surface area contributed by atoms with Gasteiger partial charge in [-0.2, -0.15) is 5.10 Å². The molecule has 0 saturated heterocycles. The number of nitrogens with zero attached hydrogens (tertiary/aromatic N) is 2. The van der Waals surface area contributed by atoms with Gasteiger partial charge in [-0.1, -0.05) is 18.5 Å². The van der Waals surface area contributed by atoms with E-state index in [0.29, 0.717) is 5.02 Å². The van der Waals surface area contributed by atoms with Crippen LogP contribution in [0.2, 0.25) is 5.02 Å². The molecule has 4 heteroatoms. The summed E-state index contributed by atoms with van der Waals surface area (Å²) in [6.45, 7) is 5.05. The molecule has 0 radical (unpaired) electrons. The summed E-state index contributed by atoms with van der Waals surface area (Å²) in [7, 11) is 0. The first-order valence-electron chi connectivity index (χ1n) is 4.21. The molecule has 0 aliphatic heterocycles. The second-order valence-electron chi connectivity index (χ2n) is 2.67. The van der Waals surface area contributed by atoms with Gasteiger partial charge in [0.1, 0.15) is 0 Å². The monoisotopic (exact) mass is 187 g/mol. The van der Waals surface area contributed by atoms with E-state index in [9.17, 15) is 0 Å². The maximum absolute atomic E-state index is 5.70. The maximum atomic E-state index is 5.70. The van der Waals surface area contributed by atoms with E-state index >= 15 is 0 Å². The van der Waals surface area contributed by atoms with Crippen molar-refractivity contribution in [3.05, 3.63) is 17.4 Å². The van der Waals surface area contributed by atoms with Crippen LogP contribution in [-0.4, -0.2) is 22.9 Å². The average molecular weight is 188 g/mol. The topological polar surface area (TPSA) is 29.9 Å². The first kappa shape index (κ1) is 9.55. The van der Waals surface area contributed by atoms with Crippen LogP contribution in [0.3, 0.4) is 0 Å². The van der Waals surface area contributed by atoms with Crippen molar-refractivity contribution in [1.29, 1.82) is 0 Å². The fraction of sp³-hybridized carbons (Fsp3) is 0.625. The van der Waals surface area contributed by atoms with Gasteiger partial charge in [-0.3, -0.25) is 4.68 Å². The number of hydrogen-bond acceptors (Lipinski definition) is 2. The van der Waals surface area contributed by atoms with Crippen LogP contribution in [-0.2, 0) is 6.54 Å². The van der Waals surface area contributed by atoms with Crippen LogP contribution in [0.5, 0.6) is 0 Å². The number of hydrogen-bond donors (Lipinski definition) is 1. The highest BCUT2D eigenvalue weighted by Crippen LogP contribution is 2.03. The number of halogens is 1. The Hall–Kier alpha value is -0.540. The first-order valence-corrected chi connectivity index (χ1v) is 4.59. The van der Waals surface area contributed by atoms with Crippen LogP contribution < -0.4 is 5.32 Å². The van der Waals surface area contributed by atoms with E-state index in [1.165, 1.54) is 6.42 Å². The highest BCUT2D eigenvalue weighted by Gasteiger charge is 1.93. The van der Waals surface area contributed by atoms with Crippen LogP contribution in [0.15, 0.2) is 12.4 Å². The Morgan fingerprint density at radius 2 is 2.42 bits per heavy atom. The van der Waals surface area contributed by atoms with Gasteiger partial charge in [0, 0.05) is 12.7 Å². The summed E-state index contributed by atoms with van der Waals surface area (Å²) in [4.78, 5) is 0. The molecule has 0 atom stereocenters. The van der Waals surface area contributed by atoms with Crippen molar-refractivity contribution in [2.24, 2.45) is 0 Å². The van der Waals surface area contributed by atoms with Gasteiger partial charge in [0.2, 0.25) is 0 Å². The molecule has 0 unspecified atom stereocenters. The third kappa shape index (κ3) is 3.24. The Bertz CT molecular complexity index is 222. The Morgan fingerprint density at radius 1 is 1.58 bits per heavy atom. The zero-order valence-corrected chi connectivity index (χ0v) is 8.01. The molecule has 0 aliphatic rings. The van der Waals surface area contributed by atoms with Crippen molar-refractivity contribution in [2.45, 2.75) is 19.9 Å². The van der Waals surface area contributed by atoms with Crippen molar-refractivity contribution in [3.8, 4) is 0 Å². The molecule has 0 spiro atoms. The molecule has 1 aromatic heterocycles. The zero-order valence-electron chi connectivity index (χ0n) is 7.26. The van der Waals surface area contributed by atoms with E-state index in [-0.39, 0.29) is 0 Å². The molecule has 1 heterocycles. The van der Waals surface area contributed by atoms with Crippen molar-refractivity contribution >= 4 is 11.6 Å². The Morgan fingerprint density at radius 3 is 3.00 bits per heavy atom. The second-order valence-corrected chi connectivity index (χ2v) is 3.11. The first-order chi connectivity index (χ1) is 5.83. The quantitative estimate of drug-likeness (QED) is 0.709. The Labute approximate surface area is 77.7 Å². The molecular formula is C8H14ClN3. The minimum atomic E-state index is 0.700. The van der Waals surface area contributed by atoms with Crippen molar-refractivity contribution in [3.63, 3.8) is 0 Å². The van der Waals surface area contributed by atoms with Gasteiger partial charge in [0.05, 0.1) is 17.8 Å². The van der Waals surface area contributed by atoms with E-state index < -0.39 is 0 Å². The molecule has 0 fully saturated rings. The lowest BCUT2D eigenvalue weighted by Crippen LogP contribution is -2.20. The lowest BCUT2D eigenvalue weighted by Gasteiger charge is -2.02. The molecule has 12 heavy (non-hydrogen) atoms. The van der Waals surface area contributed by atoms with E-state index in [1.54, 1.807) is 6.20 Å². The Kier molecular flexibility index (Phi) is 4.11. The smallest absolute Gasteiger partial charge is 0.0785 e. The minimum absolute atomic E-state index is 0.700. The summed E-state index contributed by atoms with van der Waals surface area (Å²) in [6, 6.07) is 0. The summed E-state index contributed by atoms with van der Waals surface area (Å²) in [6.07, 6.45) is 4.65. The minimum Gasteiger partial charge on any atom is -0.315 e. The summed E-state index contributed by atoms with van der Waals surface area (Å²) in [5.74, 6) is 0. The van der Waals surface area contributed by atoms with Crippen LogP contribution in [0.4, 0.5) is 0 Å². The summed E-state index contributed by atoms with van der Waals surface area (Å²) in [5, 5.41) is 8.05. The average Bonchev–Trinajstić information content (AvgIpc) is 2.45. The van der Waals surface area contributed by atoms with Crippen LogP contribution >= 0.6 is 11.6 Å². The fourth-order valence-corrected chi connectivity index (χ4v) is 1.11. The largest absolute Gasteiger partial charge is 0.315 e. The zero-order chi connectivity index (χ0) is 8.81. The maximum Gasteiger partial charge on any atom is 0.0785 e. The highest BCUT2D eigenvalue weighted by atomic mass is 35.5. The van der Waals surface area contributed by atoms with E-state index in [0.717, 1.165) is 19.6 Å². The standard InChI is InChI=1S/C8H14ClN3/c1-2-3-10-4-5-12-7-8(9)6-11-12/h6-7,10H,2-5H2,1H3. The summed E-state index contributed by atoms with van der Waals surface area (Å²) >= 11 is 5.70. The molecule has 1 rings (SSSR count). The number of rotatable bonds is 5. The number of nitrogens with one attached hydrogen (secondary N) is 1. The van der Waals surface area contributed by atoms with Gasteiger partial charge in [-0.15, -0.1) is 0 Å². The predicted octanol–water partition coefficient (Wildman–Crippen LogP) is 1.54. The molecule has 0 amide bonds. The number of aromatic nitrogens is 2. The van der Waals surface area contributed by atoms with Crippen molar-refractivity contribution in [2.75, 3.05) is 13.1 Å². The Balaban J connectivity index is 2.15. The third-order valence-electron chi connectivity index (χ3n) is 1.55. The molecule has 0 aliphatic carbocycles. The predicted molar refractivity (Wildman–Crippen MR) is 50.4 cm³/mol. The molecule has 1 aromatic rings. The molecule has 1 N–H and O–H groups in total. The van der Waals surface area contributed by atoms with Crippen LogP contribution in [0.25, 0.3) is 0 Å². The molecule has 0 saturated carbocycles. The lowest BCUT2D eigenvalue weighted by molar-refractivity contribution is 0.553. The van der Waals surface area contributed by atoms with Gasteiger partial charge < -0.3 is 5.32 Å². The second kappa shape index (κ2) is 5.17. The van der Waals surface area contributed by atoms with Crippen LogP contribution in [0, 0.1) is 0 Å². The molecular weight excluding hydrogens is 174 g/mol.